The van der Waals surface area contributed by atoms with Crippen molar-refractivity contribution < 1.29 is 5.11 Å². The van der Waals surface area contributed by atoms with E-state index in [-0.39, 0.29) is 6.61 Å². The normalized spacial score (nSPS) is 10.0. The summed E-state index contributed by atoms with van der Waals surface area (Å²) in [7, 11) is 5.22. The van der Waals surface area contributed by atoms with Gasteiger partial charge in [-0.2, -0.15) is 0 Å². The molecular formula is C10H14N2O. The van der Waals surface area contributed by atoms with Crippen LogP contribution in [0.15, 0.2) is 18.3 Å². The molecule has 1 rings (SSSR count). The van der Waals surface area contributed by atoms with Gasteiger partial charge >= 0.3 is 0 Å². The number of aliphatic hydroxyl groups excluding tert-OH is 1. The van der Waals surface area contributed by atoms with E-state index < -0.39 is 0 Å². The number of anilines is 1. The maximum Gasteiger partial charge on any atom is 0.126 e. The molecule has 2 N–H and O–H groups in total. The Morgan fingerprint density at radius 2 is 2.31 bits per heavy atom. The van der Waals surface area contributed by atoms with Crippen LogP contribution >= 0.6 is 0 Å². The van der Waals surface area contributed by atoms with Crippen molar-refractivity contribution in [2.45, 2.75) is 19.3 Å². The summed E-state index contributed by atoms with van der Waals surface area (Å²) < 4.78 is 0. The number of hydrogen-bond acceptors (Lipinski definition) is 3. The van der Waals surface area contributed by atoms with Gasteiger partial charge in [-0.25, -0.2) is 4.98 Å². The highest BCUT2D eigenvalue weighted by atomic mass is 16.2. The topological polar surface area (TPSA) is 45.1 Å². The summed E-state index contributed by atoms with van der Waals surface area (Å²) in [6.45, 7) is 0.257. The predicted octanol–water partition coefficient (Wildman–Crippen LogP) is 1.48. The first kappa shape index (κ1) is 9.99. The third kappa shape index (κ3) is 3.42. The first-order valence-electron chi connectivity index (χ1n) is 4.39. The summed E-state index contributed by atoms with van der Waals surface area (Å²) in [5.74, 6) is 0.682. The molecule has 0 aromatic carbocycles. The van der Waals surface area contributed by atoms with Gasteiger partial charge in [0.1, 0.15) is 5.82 Å². The van der Waals surface area contributed by atoms with Gasteiger partial charge in [0.05, 0.1) is 7.05 Å². The van der Waals surface area contributed by atoms with Gasteiger partial charge in [-0.1, -0.05) is 0 Å². The Balaban J connectivity index is 2.46. The minimum absolute atomic E-state index is 0.257. The van der Waals surface area contributed by atoms with Gasteiger partial charge in [0, 0.05) is 12.8 Å². The maximum atomic E-state index is 8.60. The number of aliphatic hydroxyl groups is 1. The van der Waals surface area contributed by atoms with Gasteiger partial charge in [0.2, 0.25) is 0 Å². The fourth-order valence-corrected chi connectivity index (χ4v) is 1.15. The molecule has 1 heterocycles. The quantitative estimate of drug-likeness (QED) is 0.530. The van der Waals surface area contributed by atoms with E-state index in [0.29, 0.717) is 5.82 Å². The van der Waals surface area contributed by atoms with E-state index >= 15 is 0 Å². The van der Waals surface area contributed by atoms with E-state index in [4.69, 9.17) is 12.2 Å². The number of nitrogens with zero attached hydrogens (tertiary/aromatic N) is 1. The molecule has 3 nitrogen and oxygen atoms in total. The smallest absolute Gasteiger partial charge is 0.126 e. The molecule has 0 atom stereocenters. The van der Waals surface area contributed by atoms with Crippen LogP contribution in [0.2, 0.25) is 0 Å². The van der Waals surface area contributed by atoms with E-state index in [1.165, 1.54) is 5.56 Å². The molecule has 0 spiro atoms. The molecule has 2 radical (unpaired) electrons. The number of pyridine rings is 1. The second-order valence-corrected chi connectivity index (χ2v) is 2.87. The van der Waals surface area contributed by atoms with Crippen molar-refractivity contribution >= 4 is 5.82 Å². The molecule has 3 heteroatoms. The summed E-state index contributed by atoms with van der Waals surface area (Å²) in [4.78, 5) is 4.00. The highest BCUT2D eigenvalue weighted by molar-refractivity contribution is 5.37. The van der Waals surface area contributed by atoms with Gasteiger partial charge in [0.15, 0.2) is 0 Å². The Morgan fingerprint density at radius 3 is 3.00 bits per heavy atom. The highest BCUT2D eigenvalue weighted by Crippen LogP contribution is 2.09. The number of hydrogen-bond donors (Lipinski definition) is 2. The minimum atomic E-state index is 0.257. The van der Waals surface area contributed by atoms with Gasteiger partial charge in [-0.15, -0.1) is 0 Å². The van der Waals surface area contributed by atoms with E-state index in [1.807, 2.05) is 12.1 Å². The minimum Gasteiger partial charge on any atom is -0.396 e. The Bertz CT molecular complexity index is 250. The molecule has 0 aliphatic carbocycles. The van der Waals surface area contributed by atoms with Crippen molar-refractivity contribution in [2.24, 2.45) is 0 Å². The molecule has 0 saturated carbocycles. The van der Waals surface area contributed by atoms with E-state index in [1.54, 1.807) is 6.20 Å². The summed E-state index contributed by atoms with van der Waals surface area (Å²) in [6.07, 6.45) is 4.51. The van der Waals surface area contributed by atoms with Crippen LogP contribution in [0.5, 0.6) is 0 Å². The summed E-state index contributed by atoms with van der Waals surface area (Å²) in [5.41, 5.74) is 1.19. The number of nitrogens with one attached hydrogen (secondary N) is 1. The van der Waals surface area contributed by atoms with Crippen LogP contribution in [0.25, 0.3) is 0 Å². The monoisotopic (exact) mass is 178 g/mol. The molecule has 0 bridgehead atoms. The molecule has 1 aromatic heterocycles. The fraction of sp³-hybridized carbons (Fsp3) is 0.400. The number of rotatable bonds is 5. The summed E-state index contributed by atoms with van der Waals surface area (Å²) in [6, 6.07) is 3.87. The molecule has 0 unspecified atom stereocenters. The van der Waals surface area contributed by atoms with Gasteiger partial charge in [-0.3, -0.25) is 0 Å². The van der Waals surface area contributed by atoms with Crippen molar-refractivity contribution in [1.82, 2.24) is 4.98 Å². The van der Waals surface area contributed by atoms with Crippen molar-refractivity contribution in [2.75, 3.05) is 11.9 Å². The zero-order valence-corrected chi connectivity index (χ0v) is 7.53. The predicted molar refractivity (Wildman–Crippen MR) is 52.2 cm³/mol. The second-order valence-electron chi connectivity index (χ2n) is 2.87. The summed E-state index contributed by atoms with van der Waals surface area (Å²) >= 11 is 0. The molecular weight excluding hydrogens is 164 g/mol. The number of aromatic nitrogens is 1. The van der Waals surface area contributed by atoms with Crippen LogP contribution in [0, 0.1) is 7.05 Å². The Labute approximate surface area is 78.8 Å². The molecule has 0 aliphatic rings. The van der Waals surface area contributed by atoms with Crippen LogP contribution < -0.4 is 5.32 Å². The van der Waals surface area contributed by atoms with E-state index in [2.05, 4.69) is 10.3 Å². The lowest BCUT2D eigenvalue weighted by Gasteiger charge is -2.02. The second kappa shape index (κ2) is 5.54. The van der Waals surface area contributed by atoms with Gasteiger partial charge in [-0.05, 0) is 37.0 Å². The molecule has 0 aliphatic heterocycles. The van der Waals surface area contributed by atoms with Gasteiger partial charge < -0.3 is 10.4 Å². The zero-order valence-electron chi connectivity index (χ0n) is 7.53. The first-order valence-corrected chi connectivity index (χ1v) is 4.39. The van der Waals surface area contributed by atoms with Gasteiger partial charge in [0.25, 0.3) is 0 Å². The first-order chi connectivity index (χ1) is 6.36. The lowest BCUT2D eigenvalue weighted by Crippen LogP contribution is -1.93. The zero-order chi connectivity index (χ0) is 9.52. The van der Waals surface area contributed by atoms with Crippen molar-refractivity contribution in [3.05, 3.63) is 30.9 Å². The van der Waals surface area contributed by atoms with Crippen LogP contribution in [0.3, 0.4) is 0 Å². The largest absolute Gasteiger partial charge is 0.396 e. The molecule has 1 aromatic rings. The molecule has 70 valence electrons. The van der Waals surface area contributed by atoms with Crippen molar-refractivity contribution in [3.63, 3.8) is 0 Å². The SMILES string of the molecule is [CH]Nc1cc(CCCCO)ccn1. The van der Waals surface area contributed by atoms with Crippen molar-refractivity contribution in [1.29, 1.82) is 0 Å². The van der Waals surface area contributed by atoms with E-state index in [0.717, 1.165) is 19.3 Å². The highest BCUT2D eigenvalue weighted by Gasteiger charge is 1.95. The van der Waals surface area contributed by atoms with Crippen LogP contribution in [0.1, 0.15) is 18.4 Å². The molecule has 0 amide bonds. The lowest BCUT2D eigenvalue weighted by molar-refractivity contribution is 0.284. The van der Waals surface area contributed by atoms with Crippen LogP contribution in [-0.4, -0.2) is 16.7 Å². The maximum absolute atomic E-state index is 8.60. The average molecular weight is 178 g/mol. The Morgan fingerprint density at radius 1 is 1.46 bits per heavy atom. The number of unbranched alkanes of at least 4 members (excludes halogenated alkanes) is 1. The average Bonchev–Trinajstić information content (AvgIpc) is 2.19. The van der Waals surface area contributed by atoms with Crippen LogP contribution in [-0.2, 0) is 6.42 Å². The van der Waals surface area contributed by atoms with Crippen molar-refractivity contribution in [3.8, 4) is 0 Å². The Hall–Kier alpha value is -1.09. The fourth-order valence-electron chi connectivity index (χ4n) is 1.15. The third-order valence-electron chi connectivity index (χ3n) is 1.85. The standard InChI is InChI=1S/C10H14N2O/c1-11-10-8-9(5-6-12-10)4-2-3-7-13/h1,5-6,8,13H,2-4,7H2,(H,11,12). The Kier molecular flexibility index (Phi) is 4.26. The van der Waals surface area contributed by atoms with Crippen LogP contribution in [0.4, 0.5) is 5.82 Å². The van der Waals surface area contributed by atoms with E-state index in [9.17, 15) is 0 Å². The summed E-state index contributed by atoms with van der Waals surface area (Å²) in [5, 5.41) is 11.1. The number of aryl methyl sites for hydroxylation is 1. The molecule has 0 saturated heterocycles. The molecule has 0 fully saturated rings. The lowest BCUT2D eigenvalue weighted by atomic mass is 10.1. The third-order valence-corrected chi connectivity index (χ3v) is 1.85. The molecule has 13 heavy (non-hydrogen) atoms.